The van der Waals surface area contributed by atoms with Crippen LogP contribution in [0.3, 0.4) is 0 Å². The molecule has 0 spiro atoms. The highest BCUT2D eigenvalue weighted by atomic mass is 32.2. The number of nitrogens with two attached hydrogens (primary N) is 2. The standard InChI is InChI=1S/C10H10N3O4S2/c11-9-3-4-10(19(13,16)17)7-2-1-6(5-8(7)9)18(12,14)15/h1-5,11H,(H2,12,14,15)(H2,13,16,17). The summed E-state index contributed by atoms with van der Waals surface area (Å²) in [4.78, 5) is -0.362. The van der Waals surface area contributed by atoms with Crippen LogP contribution in [0.5, 0.6) is 0 Å². The molecule has 2 aromatic rings. The van der Waals surface area contributed by atoms with Crippen LogP contribution in [-0.2, 0) is 20.0 Å². The van der Waals surface area contributed by atoms with Crippen LogP contribution in [0.4, 0.5) is 5.69 Å². The zero-order valence-corrected chi connectivity index (χ0v) is 11.1. The molecule has 0 unspecified atom stereocenters. The van der Waals surface area contributed by atoms with Crippen LogP contribution in [0.15, 0.2) is 40.1 Å². The summed E-state index contributed by atoms with van der Waals surface area (Å²) in [7, 11) is -7.88. The molecule has 101 valence electrons. The first-order chi connectivity index (χ1) is 8.60. The normalized spacial score (nSPS) is 12.7. The van der Waals surface area contributed by atoms with E-state index in [1.165, 1.54) is 24.3 Å². The molecule has 1 radical (unpaired) electrons. The molecule has 2 aromatic carbocycles. The van der Waals surface area contributed by atoms with Gasteiger partial charge < -0.3 is 5.73 Å². The van der Waals surface area contributed by atoms with Crippen LogP contribution in [0.1, 0.15) is 0 Å². The Balaban J connectivity index is 2.93. The van der Waals surface area contributed by atoms with Crippen molar-refractivity contribution in [3.05, 3.63) is 30.3 Å². The molecule has 0 saturated heterocycles. The van der Waals surface area contributed by atoms with Crippen LogP contribution in [0.2, 0.25) is 0 Å². The largest absolute Gasteiger partial charge is 0.300 e. The van der Waals surface area contributed by atoms with Crippen molar-refractivity contribution in [1.29, 1.82) is 0 Å². The van der Waals surface area contributed by atoms with E-state index in [-0.39, 0.29) is 26.3 Å². The lowest BCUT2D eigenvalue weighted by molar-refractivity contribution is 0.597. The molecule has 0 amide bonds. The van der Waals surface area contributed by atoms with E-state index < -0.39 is 20.0 Å². The minimum Gasteiger partial charge on any atom is -0.300 e. The van der Waals surface area contributed by atoms with Crippen molar-refractivity contribution in [2.45, 2.75) is 9.79 Å². The third-order valence-electron chi connectivity index (χ3n) is 2.58. The molecule has 7 nitrogen and oxygen atoms in total. The molecular weight excluding hydrogens is 290 g/mol. The van der Waals surface area contributed by atoms with Crippen molar-refractivity contribution >= 4 is 36.5 Å². The second-order valence-electron chi connectivity index (χ2n) is 3.91. The van der Waals surface area contributed by atoms with Gasteiger partial charge in [-0.3, -0.25) is 0 Å². The lowest BCUT2D eigenvalue weighted by Crippen LogP contribution is -2.14. The predicted molar refractivity (Wildman–Crippen MR) is 69.5 cm³/mol. The highest BCUT2D eigenvalue weighted by molar-refractivity contribution is 7.89. The van der Waals surface area contributed by atoms with E-state index in [9.17, 15) is 16.8 Å². The van der Waals surface area contributed by atoms with E-state index in [1.54, 1.807) is 0 Å². The van der Waals surface area contributed by atoms with Gasteiger partial charge in [-0.25, -0.2) is 27.1 Å². The maximum atomic E-state index is 11.4. The zero-order chi connectivity index (χ0) is 14.4. The Morgan fingerprint density at radius 3 is 2.00 bits per heavy atom. The molecule has 0 saturated carbocycles. The number of hydrogen-bond acceptors (Lipinski definition) is 4. The van der Waals surface area contributed by atoms with Gasteiger partial charge in [-0.05, 0) is 24.3 Å². The topological polar surface area (TPSA) is 144 Å². The smallest absolute Gasteiger partial charge is 0.238 e. The third kappa shape index (κ3) is 2.54. The molecule has 9 heteroatoms. The van der Waals surface area contributed by atoms with Crippen molar-refractivity contribution in [3.8, 4) is 0 Å². The quantitative estimate of drug-likeness (QED) is 0.807. The molecule has 0 aliphatic carbocycles. The monoisotopic (exact) mass is 300 g/mol. The van der Waals surface area contributed by atoms with Gasteiger partial charge >= 0.3 is 0 Å². The molecule has 0 fully saturated rings. The van der Waals surface area contributed by atoms with Gasteiger partial charge in [0.15, 0.2) is 0 Å². The molecular formula is C10H10N3O4S2. The number of hydrogen-bond donors (Lipinski definition) is 2. The Kier molecular flexibility index (Phi) is 3.01. The SMILES string of the molecule is [NH]c1ccc(S(N)(=O)=O)c2ccc(S(N)(=O)=O)cc12. The third-order valence-corrected chi connectivity index (χ3v) is 4.46. The summed E-state index contributed by atoms with van der Waals surface area (Å²) < 4.78 is 45.3. The highest BCUT2D eigenvalue weighted by Crippen LogP contribution is 2.29. The van der Waals surface area contributed by atoms with Gasteiger partial charge in [-0.15, -0.1) is 0 Å². The van der Waals surface area contributed by atoms with Crippen molar-refractivity contribution in [3.63, 3.8) is 0 Å². The molecule has 5 N–H and O–H groups in total. The Morgan fingerprint density at radius 2 is 1.47 bits per heavy atom. The molecule has 2 rings (SSSR count). The van der Waals surface area contributed by atoms with Gasteiger partial charge in [0.1, 0.15) is 0 Å². The fourth-order valence-electron chi connectivity index (χ4n) is 1.72. The maximum Gasteiger partial charge on any atom is 0.238 e. The first-order valence-electron chi connectivity index (χ1n) is 4.95. The van der Waals surface area contributed by atoms with Gasteiger partial charge in [-0.1, -0.05) is 6.07 Å². The number of fused-ring (bicyclic) bond motifs is 1. The first kappa shape index (κ1) is 13.7. The van der Waals surface area contributed by atoms with Crippen molar-refractivity contribution < 1.29 is 16.8 Å². The molecule has 19 heavy (non-hydrogen) atoms. The van der Waals surface area contributed by atoms with Gasteiger partial charge in [0.25, 0.3) is 0 Å². The number of rotatable bonds is 2. The fourth-order valence-corrected chi connectivity index (χ4v) is 3.01. The second kappa shape index (κ2) is 4.17. The van der Waals surface area contributed by atoms with Crippen molar-refractivity contribution in [2.24, 2.45) is 10.3 Å². The summed E-state index contributed by atoms with van der Waals surface area (Å²) in [5.74, 6) is 0. The average Bonchev–Trinajstić information content (AvgIpc) is 2.26. The molecule has 0 heterocycles. The fraction of sp³-hybridized carbons (Fsp3) is 0. The molecule has 0 aliphatic rings. The number of primary sulfonamides is 2. The van der Waals surface area contributed by atoms with Crippen LogP contribution in [0, 0.1) is 0 Å². The van der Waals surface area contributed by atoms with Crippen LogP contribution < -0.4 is 16.0 Å². The first-order valence-corrected chi connectivity index (χ1v) is 8.04. The molecule has 0 aliphatic heterocycles. The van der Waals surface area contributed by atoms with Crippen molar-refractivity contribution in [1.82, 2.24) is 5.73 Å². The van der Waals surface area contributed by atoms with E-state index in [0.717, 1.165) is 6.07 Å². The highest BCUT2D eigenvalue weighted by Gasteiger charge is 2.16. The van der Waals surface area contributed by atoms with Gasteiger partial charge in [-0.2, -0.15) is 0 Å². The van der Waals surface area contributed by atoms with E-state index >= 15 is 0 Å². The summed E-state index contributed by atoms with van der Waals surface area (Å²) in [6.45, 7) is 0. The summed E-state index contributed by atoms with van der Waals surface area (Å²) >= 11 is 0. The van der Waals surface area contributed by atoms with E-state index in [2.05, 4.69) is 0 Å². The Bertz CT molecular complexity index is 873. The molecule has 0 bridgehead atoms. The molecule has 0 atom stereocenters. The van der Waals surface area contributed by atoms with Crippen LogP contribution >= 0.6 is 0 Å². The number of benzene rings is 2. The number of nitrogens with one attached hydrogen (secondary N) is 1. The molecule has 0 aromatic heterocycles. The van der Waals surface area contributed by atoms with Crippen LogP contribution in [0.25, 0.3) is 10.8 Å². The van der Waals surface area contributed by atoms with Crippen LogP contribution in [-0.4, -0.2) is 16.8 Å². The van der Waals surface area contributed by atoms with Gasteiger partial charge in [0.05, 0.1) is 15.5 Å². The second-order valence-corrected chi connectivity index (χ2v) is 7.00. The Hall–Kier alpha value is -1.68. The van der Waals surface area contributed by atoms with Crippen molar-refractivity contribution in [2.75, 3.05) is 0 Å². The summed E-state index contributed by atoms with van der Waals surface area (Å²) in [6, 6.07) is 6.03. The summed E-state index contributed by atoms with van der Waals surface area (Å²) in [6.07, 6.45) is 0. The lowest BCUT2D eigenvalue weighted by Gasteiger charge is -2.08. The Morgan fingerprint density at radius 1 is 0.842 bits per heavy atom. The average molecular weight is 300 g/mol. The van der Waals surface area contributed by atoms with E-state index in [0.29, 0.717) is 0 Å². The summed E-state index contributed by atoms with van der Waals surface area (Å²) in [5.41, 5.74) is 7.67. The van der Waals surface area contributed by atoms with Gasteiger partial charge in [0.2, 0.25) is 20.0 Å². The number of sulfonamides is 2. The minimum atomic E-state index is -3.96. The summed E-state index contributed by atoms with van der Waals surface area (Å²) in [5, 5.41) is 10.4. The van der Waals surface area contributed by atoms with Gasteiger partial charge in [0, 0.05) is 10.8 Å². The Labute approximate surface area is 110 Å². The minimum absolute atomic E-state index is 0.0205. The maximum absolute atomic E-state index is 11.4. The van der Waals surface area contributed by atoms with E-state index in [4.69, 9.17) is 16.0 Å². The van der Waals surface area contributed by atoms with E-state index in [1.807, 2.05) is 0 Å². The zero-order valence-electron chi connectivity index (χ0n) is 9.49. The predicted octanol–water partition coefficient (Wildman–Crippen LogP) is 0.0490. The lowest BCUT2D eigenvalue weighted by atomic mass is 10.1.